The zero-order valence-corrected chi connectivity index (χ0v) is 17.1. The van der Waals surface area contributed by atoms with E-state index in [2.05, 4.69) is 10.6 Å². The highest BCUT2D eigenvalue weighted by Gasteiger charge is 2.36. The molecule has 0 saturated carbocycles. The van der Waals surface area contributed by atoms with Gasteiger partial charge in [-0.05, 0) is 24.0 Å². The SMILES string of the molecule is CC(CNCC(N)Cc1ccccc1)(CNCC(N)Cc1ccccc1)[N+](=O)[O-]. The van der Waals surface area contributed by atoms with Crippen LogP contribution in [0.25, 0.3) is 0 Å². The number of hydrogen-bond acceptors (Lipinski definition) is 6. The van der Waals surface area contributed by atoms with E-state index in [0.717, 1.165) is 24.0 Å². The Balaban J connectivity index is 1.72. The number of nitrogens with two attached hydrogens (primary N) is 2. The Bertz CT molecular complexity index is 673. The summed E-state index contributed by atoms with van der Waals surface area (Å²) < 4.78 is 0. The van der Waals surface area contributed by atoms with Crippen molar-refractivity contribution in [3.05, 3.63) is 81.9 Å². The van der Waals surface area contributed by atoms with E-state index < -0.39 is 5.54 Å². The maximum absolute atomic E-state index is 11.6. The Morgan fingerprint density at radius 2 is 1.24 bits per heavy atom. The molecule has 7 heteroatoms. The molecule has 0 spiro atoms. The van der Waals surface area contributed by atoms with E-state index in [1.807, 2.05) is 60.7 Å². The molecule has 0 heterocycles. The van der Waals surface area contributed by atoms with Gasteiger partial charge in [-0.25, -0.2) is 0 Å². The summed E-state index contributed by atoms with van der Waals surface area (Å²) in [5, 5.41) is 18.0. The maximum Gasteiger partial charge on any atom is 0.243 e. The summed E-state index contributed by atoms with van der Waals surface area (Å²) in [6.45, 7) is 3.16. The first-order valence-corrected chi connectivity index (χ1v) is 10.0. The zero-order valence-electron chi connectivity index (χ0n) is 17.1. The molecule has 7 nitrogen and oxygen atoms in total. The molecule has 0 aliphatic heterocycles. The van der Waals surface area contributed by atoms with Crippen molar-refractivity contribution in [2.24, 2.45) is 11.5 Å². The third-order valence-electron chi connectivity index (χ3n) is 4.95. The Morgan fingerprint density at radius 1 is 0.862 bits per heavy atom. The second-order valence-corrected chi connectivity index (χ2v) is 7.92. The molecule has 2 aromatic rings. The van der Waals surface area contributed by atoms with Crippen LogP contribution in [0, 0.1) is 10.1 Å². The third kappa shape index (κ3) is 8.29. The Hall–Kier alpha value is -2.32. The van der Waals surface area contributed by atoms with Crippen LogP contribution in [0.5, 0.6) is 0 Å². The quantitative estimate of drug-likeness (QED) is 0.298. The van der Waals surface area contributed by atoms with Crippen LogP contribution in [0.1, 0.15) is 18.1 Å². The predicted molar refractivity (Wildman–Crippen MR) is 117 cm³/mol. The fourth-order valence-electron chi connectivity index (χ4n) is 3.22. The van der Waals surface area contributed by atoms with Crippen molar-refractivity contribution < 1.29 is 4.92 Å². The first kappa shape index (κ1) is 23.0. The monoisotopic (exact) mass is 399 g/mol. The van der Waals surface area contributed by atoms with Crippen LogP contribution in [-0.4, -0.2) is 48.7 Å². The van der Waals surface area contributed by atoms with Crippen molar-refractivity contribution in [2.75, 3.05) is 26.2 Å². The van der Waals surface area contributed by atoms with Crippen molar-refractivity contribution in [3.8, 4) is 0 Å². The van der Waals surface area contributed by atoms with Crippen LogP contribution in [0.3, 0.4) is 0 Å². The van der Waals surface area contributed by atoms with E-state index in [0.29, 0.717) is 13.1 Å². The second kappa shape index (κ2) is 11.6. The fourth-order valence-corrected chi connectivity index (χ4v) is 3.22. The molecule has 0 saturated heterocycles. The van der Waals surface area contributed by atoms with E-state index in [4.69, 9.17) is 11.5 Å². The van der Waals surface area contributed by atoms with Crippen LogP contribution < -0.4 is 22.1 Å². The number of rotatable bonds is 13. The molecule has 158 valence electrons. The summed E-state index contributed by atoms with van der Waals surface area (Å²) in [4.78, 5) is 11.4. The van der Waals surface area contributed by atoms with Crippen molar-refractivity contribution in [3.63, 3.8) is 0 Å². The lowest BCUT2D eigenvalue weighted by atomic mass is 10.0. The molecule has 0 fully saturated rings. The molecule has 2 atom stereocenters. The molecule has 0 radical (unpaired) electrons. The van der Waals surface area contributed by atoms with Gasteiger partial charge in [0.1, 0.15) is 0 Å². The van der Waals surface area contributed by atoms with Crippen LogP contribution in [-0.2, 0) is 12.8 Å². The highest BCUT2D eigenvalue weighted by Crippen LogP contribution is 2.08. The first-order valence-electron chi connectivity index (χ1n) is 10.0. The largest absolute Gasteiger partial charge is 0.326 e. The minimum Gasteiger partial charge on any atom is -0.326 e. The molecule has 2 rings (SSSR count). The highest BCUT2D eigenvalue weighted by atomic mass is 16.6. The molecule has 0 aromatic heterocycles. The second-order valence-electron chi connectivity index (χ2n) is 7.92. The molecular formula is C22H33N5O2. The first-order chi connectivity index (χ1) is 13.9. The average Bonchev–Trinajstić information content (AvgIpc) is 2.69. The minimum atomic E-state index is -1.13. The van der Waals surface area contributed by atoms with Crippen LogP contribution >= 0.6 is 0 Å². The van der Waals surface area contributed by atoms with Crippen LogP contribution in [0.2, 0.25) is 0 Å². The van der Waals surface area contributed by atoms with E-state index in [1.54, 1.807) is 6.92 Å². The summed E-state index contributed by atoms with van der Waals surface area (Å²) in [5.74, 6) is 0. The lowest BCUT2D eigenvalue weighted by Gasteiger charge is -2.24. The molecule has 0 amide bonds. The minimum absolute atomic E-state index is 0.0966. The molecule has 0 aliphatic rings. The zero-order chi connectivity index (χ0) is 21.1. The number of benzene rings is 2. The molecule has 0 aliphatic carbocycles. The smallest absolute Gasteiger partial charge is 0.243 e. The van der Waals surface area contributed by atoms with Gasteiger partial charge in [0.15, 0.2) is 0 Å². The van der Waals surface area contributed by atoms with Gasteiger partial charge in [0, 0.05) is 37.0 Å². The highest BCUT2D eigenvalue weighted by molar-refractivity contribution is 5.16. The van der Waals surface area contributed by atoms with Gasteiger partial charge in [-0.3, -0.25) is 10.1 Å². The number of hydrogen-bond donors (Lipinski definition) is 4. The van der Waals surface area contributed by atoms with Gasteiger partial charge < -0.3 is 22.1 Å². The van der Waals surface area contributed by atoms with Crippen molar-refractivity contribution >= 4 is 0 Å². The van der Waals surface area contributed by atoms with Gasteiger partial charge in [0.2, 0.25) is 5.54 Å². The summed E-state index contributed by atoms with van der Waals surface area (Å²) in [6.07, 6.45) is 1.46. The van der Waals surface area contributed by atoms with E-state index >= 15 is 0 Å². The van der Waals surface area contributed by atoms with E-state index in [9.17, 15) is 10.1 Å². The van der Waals surface area contributed by atoms with Crippen molar-refractivity contribution in [2.45, 2.75) is 37.4 Å². The van der Waals surface area contributed by atoms with Gasteiger partial charge in [0.25, 0.3) is 0 Å². The standard InChI is InChI=1S/C22H33N5O2/c1-22(27(28)29,16-25-14-20(23)12-18-8-4-2-5-9-18)17-26-15-21(24)13-19-10-6-3-7-11-19/h2-11,20-21,25-26H,12-17,23-24H2,1H3. The summed E-state index contributed by atoms with van der Waals surface area (Å²) in [7, 11) is 0. The molecule has 2 unspecified atom stereocenters. The lowest BCUT2D eigenvalue weighted by molar-refractivity contribution is -0.560. The summed E-state index contributed by atoms with van der Waals surface area (Å²) >= 11 is 0. The van der Waals surface area contributed by atoms with Crippen LogP contribution in [0.15, 0.2) is 60.7 Å². The number of nitrogens with zero attached hydrogens (tertiary/aromatic N) is 1. The Kier molecular flexibility index (Phi) is 9.21. The molecule has 2 aromatic carbocycles. The average molecular weight is 400 g/mol. The molecule has 29 heavy (non-hydrogen) atoms. The predicted octanol–water partition coefficient (Wildman–Crippen LogP) is 1.34. The lowest BCUT2D eigenvalue weighted by Crippen LogP contribution is -2.54. The topological polar surface area (TPSA) is 119 Å². The fraction of sp³-hybridized carbons (Fsp3) is 0.455. The van der Waals surface area contributed by atoms with E-state index in [1.165, 1.54) is 0 Å². The Morgan fingerprint density at radius 3 is 1.59 bits per heavy atom. The van der Waals surface area contributed by atoms with Gasteiger partial charge >= 0.3 is 0 Å². The van der Waals surface area contributed by atoms with Crippen molar-refractivity contribution in [1.82, 2.24) is 10.6 Å². The third-order valence-corrected chi connectivity index (χ3v) is 4.95. The van der Waals surface area contributed by atoms with Crippen molar-refractivity contribution in [1.29, 1.82) is 0 Å². The normalized spacial score (nSPS) is 15.4. The number of nitro groups is 1. The summed E-state index contributed by atoms with van der Waals surface area (Å²) in [5.41, 5.74) is 13.5. The number of nitrogens with one attached hydrogen (secondary N) is 2. The molecule has 0 bridgehead atoms. The maximum atomic E-state index is 11.6. The van der Waals surface area contributed by atoms with E-state index in [-0.39, 0.29) is 30.1 Å². The summed E-state index contributed by atoms with van der Waals surface area (Å²) in [6, 6.07) is 19.8. The Labute approximate surface area is 173 Å². The molecule has 6 N–H and O–H groups in total. The van der Waals surface area contributed by atoms with Gasteiger partial charge in [-0.2, -0.15) is 0 Å². The van der Waals surface area contributed by atoms with Gasteiger partial charge in [0.05, 0.1) is 13.1 Å². The molecular weight excluding hydrogens is 366 g/mol. The van der Waals surface area contributed by atoms with Gasteiger partial charge in [-0.15, -0.1) is 0 Å². The van der Waals surface area contributed by atoms with Crippen LogP contribution in [0.4, 0.5) is 0 Å². The van der Waals surface area contributed by atoms with Gasteiger partial charge in [-0.1, -0.05) is 60.7 Å².